The molecule has 0 bridgehead atoms. The van der Waals surface area contributed by atoms with E-state index in [-0.39, 0.29) is 5.54 Å². The molecule has 2 aliphatic rings. The Morgan fingerprint density at radius 3 is 2.57 bits per heavy atom. The van der Waals surface area contributed by atoms with E-state index in [0.29, 0.717) is 6.10 Å². The van der Waals surface area contributed by atoms with Crippen molar-refractivity contribution in [2.45, 2.75) is 69.4 Å². The van der Waals surface area contributed by atoms with E-state index < -0.39 is 0 Å². The molecule has 2 heteroatoms. The van der Waals surface area contributed by atoms with Gasteiger partial charge in [0.2, 0.25) is 0 Å². The molecule has 82 valence electrons. The van der Waals surface area contributed by atoms with Gasteiger partial charge < -0.3 is 10.5 Å². The fourth-order valence-corrected chi connectivity index (χ4v) is 2.81. The topological polar surface area (TPSA) is 35.2 Å². The Labute approximate surface area is 87.2 Å². The van der Waals surface area contributed by atoms with Crippen LogP contribution in [-0.4, -0.2) is 18.2 Å². The monoisotopic (exact) mass is 197 g/mol. The fourth-order valence-electron chi connectivity index (χ4n) is 2.81. The van der Waals surface area contributed by atoms with E-state index in [1.54, 1.807) is 0 Å². The average molecular weight is 197 g/mol. The minimum Gasteiger partial charge on any atom is -0.378 e. The van der Waals surface area contributed by atoms with E-state index in [9.17, 15) is 0 Å². The highest BCUT2D eigenvalue weighted by molar-refractivity contribution is 4.89. The molecule has 1 unspecified atom stereocenters. The van der Waals surface area contributed by atoms with Crippen LogP contribution in [0, 0.1) is 0 Å². The molecule has 1 saturated heterocycles. The van der Waals surface area contributed by atoms with Crippen LogP contribution in [0.3, 0.4) is 0 Å². The van der Waals surface area contributed by atoms with Gasteiger partial charge in [-0.15, -0.1) is 0 Å². The predicted octanol–water partition coefficient (Wildman–Crippen LogP) is 2.61. The van der Waals surface area contributed by atoms with Gasteiger partial charge in [0.15, 0.2) is 0 Å². The molecule has 0 aromatic rings. The van der Waals surface area contributed by atoms with Gasteiger partial charge in [0.25, 0.3) is 0 Å². The van der Waals surface area contributed by atoms with Gasteiger partial charge in [-0.2, -0.15) is 0 Å². The summed E-state index contributed by atoms with van der Waals surface area (Å²) in [5.74, 6) is 0. The highest BCUT2D eigenvalue weighted by Crippen LogP contribution is 2.32. The molecule has 2 fully saturated rings. The van der Waals surface area contributed by atoms with Gasteiger partial charge in [0.05, 0.1) is 6.10 Å². The van der Waals surface area contributed by atoms with Crippen LogP contribution in [0.25, 0.3) is 0 Å². The van der Waals surface area contributed by atoms with Crippen LogP contribution in [0.1, 0.15) is 57.8 Å². The molecule has 0 spiro atoms. The second-order valence-corrected chi connectivity index (χ2v) is 5.10. The van der Waals surface area contributed by atoms with Crippen molar-refractivity contribution >= 4 is 0 Å². The van der Waals surface area contributed by atoms with Crippen LogP contribution in [0.4, 0.5) is 0 Å². The third-order valence-electron chi connectivity index (χ3n) is 3.84. The van der Waals surface area contributed by atoms with Gasteiger partial charge in [-0.1, -0.05) is 12.8 Å². The van der Waals surface area contributed by atoms with Crippen LogP contribution >= 0.6 is 0 Å². The number of rotatable bonds is 3. The molecule has 0 radical (unpaired) electrons. The lowest BCUT2D eigenvalue weighted by molar-refractivity contribution is 0.00668. The molecule has 2 N–H and O–H groups in total. The maximum atomic E-state index is 6.32. The normalized spacial score (nSPS) is 31.9. The number of hydrogen-bond donors (Lipinski definition) is 1. The Morgan fingerprint density at radius 2 is 1.93 bits per heavy atom. The molecule has 0 aromatic heterocycles. The van der Waals surface area contributed by atoms with Gasteiger partial charge in [-0.25, -0.2) is 0 Å². The van der Waals surface area contributed by atoms with Crippen LogP contribution in [0.2, 0.25) is 0 Å². The van der Waals surface area contributed by atoms with E-state index >= 15 is 0 Å². The van der Waals surface area contributed by atoms with Crippen molar-refractivity contribution in [3.63, 3.8) is 0 Å². The summed E-state index contributed by atoms with van der Waals surface area (Å²) >= 11 is 0. The number of nitrogens with two attached hydrogens (primary N) is 1. The molecule has 1 heterocycles. The van der Waals surface area contributed by atoms with Crippen molar-refractivity contribution in [2.24, 2.45) is 5.73 Å². The molecule has 2 rings (SSSR count). The van der Waals surface area contributed by atoms with Crippen LogP contribution in [0.5, 0.6) is 0 Å². The van der Waals surface area contributed by atoms with E-state index in [2.05, 4.69) is 0 Å². The maximum absolute atomic E-state index is 6.32. The zero-order chi connectivity index (χ0) is 9.86. The molecule has 1 aliphatic heterocycles. The van der Waals surface area contributed by atoms with Crippen molar-refractivity contribution in [2.75, 3.05) is 6.61 Å². The summed E-state index contributed by atoms with van der Waals surface area (Å²) in [5.41, 5.74) is 6.49. The zero-order valence-electron chi connectivity index (χ0n) is 9.13. The standard InChI is InChI=1S/C12H23NO/c13-12(7-2-3-8-12)9-6-11-5-1-4-10-14-11/h11H,1-10,13H2. The minimum atomic E-state index is 0.167. The Bertz CT molecular complexity index is 169. The van der Waals surface area contributed by atoms with E-state index in [1.807, 2.05) is 0 Å². The molecule has 0 amide bonds. The third kappa shape index (κ3) is 2.71. The van der Waals surface area contributed by atoms with Crippen molar-refractivity contribution in [3.05, 3.63) is 0 Å². The highest BCUT2D eigenvalue weighted by atomic mass is 16.5. The smallest absolute Gasteiger partial charge is 0.0575 e. The van der Waals surface area contributed by atoms with Gasteiger partial charge in [-0.3, -0.25) is 0 Å². The van der Waals surface area contributed by atoms with Crippen LogP contribution in [0.15, 0.2) is 0 Å². The molecule has 14 heavy (non-hydrogen) atoms. The summed E-state index contributed by atoms with van der Waals surface area (Å²) in [4.78, 5) is 0. The predicted molar refractivity (Wildman–Crippen MR) is 58.2 cm³/mol. The lowest BCUT2D eigenvalue weighted by atomic mass is 9.90. The Kier molecular flexibility index (Phi) is 3.45. The average Bonchev–Trinajstić information content (AvgIpc) is 2.65. The largest absolute Gasteiger partial charge is 0.378 e. The molecular weight excluding hydrogens is 174 g/mol. The first-order valence-corrected chi connectivity index (χ1v) is 6.19. The summed E-state index contributed by atoms with van der Waals surface area (Å²) < 4.78 is 5.73. The number of hydrogen-bond acceptors (Lipinski definition) is 2. The molecule has 1 atom stereocenters. The first-order chi connectivity index (χ1) is 6.79. The molecule has 1 saturated carbocycles. The molecule has 1 aliphatic carbocycles. The summed E-state index contributed by atoms with van der Waals surface area (Å²) in [6.07, 6.45) is 11.9. The SMILES string of the molecule is NC1(CCC2CCCCO2)CCCC1. The van der Waals surface area contributed by atoms with Crippen molar-refractivity contribution < 1.29 is 4.74 Å². The lowest BCUT2D eigenvalue weighted by Crippen LogP contribution is -2.37. The first kappa shape index (κ1) is 10.4. The van der Waals surface area contributed by atoms with Crippen LogP contribution in [-0.2, 0) is 4.74 Å². The molecular formula is C12H23NO. The third-order valence-corrected chi connectivity index (χ3v) is 3.84. The zero-order valence-corrected chi connectivity index (χ0v) is 9.13. The first-order valence-electron chi connectivity index (χ1n) is 6.19. The van der Waals surface area contributed by atoms with Crippen LogP contribution < -0.4 is 5.73 Å². The van der Waals surface area contributed by atoms with Gasteiger partial charge in [-0.05, 0) is 44.9 Å². The van der Waals surface area contributed by atoms with Crippen molar-refractivity contribution in [1.82, 2.24) is 0 Å². The summed E-state index contributed by atoms with van der Waals surface area (Å²) in [6.45, 7) is 0.974. The number of ether oxygens (including phenoxy) is 1. The Balaban J connectivity index is 1.70. The maximum Gasteiger partial charge on any atom is 0.0575 e. The van der Waals surface area contributed by atoms with E-state index in [4.69, 9.17) is 10.5 Å². The minimum absolute atomic E-state index is 0.167. The summed E-state index contributed by atoms with van der Waals surface area (Å²) in [6, 6.07) is 0. The fraction of sp³-hybridized carbons (Fsp3) is 1.00. The van der Waals surface area contributed by atoms with Gasteiger partial charge in [0.1, 0.15) is 0 Å². The second-order valence-electron chi connectivity index (χ2n) is 5.10. The summed E-state index contributed by atoms with van der Waals surface area (Å²) in [7, 11) is 0. The molecule has 0 aromatic carbocycles. The quantitative estimate of drug-likeness (QED) is 0.754. The molecule has 2 nitrogen and oxygen atoms in total. The Morgan fingerprint density at radius 1 is 1.14 bits per heavy atom. The lowest BCUT2D eigenvalue weighted by Gasteiger charge is -2.28. The van der Waals surface area contributed by atoms with Crippen molar-refractivity contribution in [3.8, 4) is 0 Å². The highest BCUT2D eigenvalue weighted by Gasteiger charge is 2.30. The van der Waals surface area contributed by atoms with Gasteiger partial charge in [0, 0.05) is 12.1 Å². The van der Waals surface area contributed by atoms with Gasteiger partial charge >= 0.3 is 0 Å². The Hall–Kier alpha value is -0.0800. The summed E-state index contributed by atoms with van der Waals surface area (Å²) in [5, 5.41) is 0. The van der Waals surface area contributed by atoms with E-state index in [0.717, 1.165) is 6.61 Å². The van der Waals surface area contributed by atoms with Crippen molar-refractivity contribution in [1.29, 1.82) is 0 Å². The second kappa shape index (κ2) is 4.63. The van der Waals surface area contributed by atoms with E-state index in [1.165, 1.54) is 57.8 Å².